The summed E-state index contributed by atoms with van der Waals surface area (Å²) < 4.78 is 0. The standard InChI is InChI=1S/C30H41N5O4/c1-18(2)26(34-28(37)20(4)32-5)30(39)35-16-8-11-25(35)29(38)33-24(27(31)36)17-21-12-14-22(15-13-21)23-10-7-6-9-19(23)3/h6-7,9-10,12-15,18,20,24-26,32H,8,11,16-17H2,1-5H3,(H2,31,36)(H,33,38)(H,34,37)/t20-,24-,25-,26-/m0/s1. The number of benzene rings is 2. The summed E-state index contributed by atoms with van der Waals surface area (Å²) in [6.45, 7) is 7.87. The molecule has 2 aromatic rings. The van der Waals surface area contributed by atoms with Crippen molar-refractivity contribution in [3.8, 4) is 11.1 Å². The van der Waals surface area contributed by atoms with Gasteiger partial charge < -0.3 is 26.6 Å². The van der Waals surface area contributed by atoms with Gasteiger partial charge in [0.1, 0.15) is 18.1 Å². The molecule has 1 fully saturated rings. The average Bonchev–Trinajstić information content (AvgIpc) is 3.41. The van der Waals surface area contributed by atoms with E-state index in [1.165, 1.54) is 10.5 Å². The van der Waals surface area contributed by atoms with Crippen molar-refractivity contribution in [1.82, 2.24) is 20.9 Å². The van der Waals surface area contributed by atoms with Crippen LogP contribution in [-0.2, 0) is 25.6 Å². The lowest BCUT2D eigenvalue weighted by Gasteiger charge is -2.31. The molecule has 0 unspecified atom stereocenters. The minimum absolute atomic E-state index is 0.171. The lowest BCUT2D eigenvalue weighted by molar-refractivity contribution is -0.143. The van der Waals surface area contributed by atoms with Crippen molar-refractivity contribution in [3.63, 3.8) is 0 Å². The van der Waals surface area contributed by atoms with Crippen molar-refractivity contribution >= 4 is 23.6 Å². The summed E-state index contributed by atoms with van der Waals surface area (Å²) in [4.78, 5) is 53.0. The maximum atomic E-state index is 13.5. The van der Waals surface area contributed by atoms with Crippen molar-refractivity contribution in [3.05, 3.63) is 59.7 Å². The van der Waals surface area contributed by atoms with Crippen molar-refractivity contribution in [1.29, 1.82) is 0 Å². The summed E-state index contributed by atoms with van der Waals surface area (Å²) in [7, 11) is 1.67. The number of likely N-dealkylation sites (N-methyl/N-ethyl adjacent to an activating group) is 1. The molecule has 5 N–H and O–H groups in total. The minimum atomic E-state index is -0.920. The molecule has 39 heavy (non-hydrogen) atoms. The normalized spacial score (nSPS) is 17.4. The Morgan fingerprint density at radius 2 is 1.67 bits per heavy atom. The molecular formula is C30H41N5O4. The van der Waals surface area contributed by atoms with Crippen LogP contribution in [0.3, 0.4) is 0 Å². The Labute approximate surface area is 230 Å². The number of rotatable bonds is 11. The van der Waals surface area contributed by atoms with Gasteiger partial charge in [0.05, 0.1) is 6.04 Å². The molecule has 0 spiro atoms. The van der Waals surface area contributed by atoms with Gasteiger partial charge in [-0.2, -0.15) is 0 Å². The highest BCUT2D eigenvalue weighted by Crippen LogP contribution is 2.24. The first-order chi connectivity index (χ1) is 18.5. The van der Waals surface area contributed by atoms with Gasteiger partial charge in [0.2, 0.25) is 23.6 Å². The molecule has 210 valence electrons. The van der Waals surface area contributed by atoms with Gasteiger partial charge in [0, 0.05) is 13.0 Å². The minimum Gasteiger partial charge on any atom is -0.368 e. The molecule has 0 radical (unpaired) electrons. The molecule has 0 bridgehead atoms. The molecule has 9 nitrogen and oxygen atoms in total. The second kappa shape index (κ2) is 13.4. The van der Waals surface area contributed by atoms with Crippen molar-refractivity contribution in [2.24, 2.45) is 11.7 Å². The number of nitrogens with zero attached hydrogens (tertiary/aromatic N) is 1. The SMILES string of the molecule is CN[C@@H](C)C(=O)N[C@H](C(=O)N1CCC[C@H]1C(=O)N[C@@H](Cc1ccc(-c2ccccc2C)cc1)C(N)=O)C(C)C. The van der Waals surface area contributed by atoms with Crippen LogP contribution < -0.4 is 21.7 Å². The van der Waals surface area contributed by atoms with E-state index in [0.29, 0.717) is 19.4 Å². The van der Waals surface area contributed by atoms with Gasteiger partial charge in [-0.3, -0.25) is 19.2 Å². The molecule has 0 aliphatic carbocycles. The smallest absolute Gasteiger partial charge is 0.246 e. The summed E-state index contributed by atoms with van der Waals surface area (Å²) >= 11 is 0. The van der Waals surface area contributed by atoms with E-state index < -0.39 is 36.0 Å². The molecule has 2 aromatic carbocycles. The third-order valence-corrected chi connectivity index (χ3v) is 7.41. The molecule has 3 rings (SSSR count). The largest absolute Gasteiger partial charge is 0.368 e. The molecule has 4 amide bonds. The molecule has 1 aliphatic heterocycles. The molecule has 1 saturated heterocycles. The number of aryl methyl sites for hydroxylation is 1. The number of nitrogens with one attached hydrogen (secondary N) is 3. The van der Waals surface area contributed by atoms with Gasteiger partial charge in [-0.25, -0.2) is 0 Å². The van der Waals surface area contributed by atoms with E-state index in [0.717, 1.165) is 16.7 Å². The van der Waals surface area contributed by atoms with Gasteiger partial charge in [-0.1, -0.05) is 62.4 Å². The predicted octanol–water partition coefficient (Wildman–Crippen LogP) is 1.91. The van der Waals surface area contributed by atoms with E-state index in [2.05, 4.69) is 35.0 Å². The van der Waals surface area contributed by atoms with Crippen molar-refractivity contribution in [2.75, 3.05) is 13.6 Å². The number of carbonyl (C=O) groups is 4. The maximum Gasteiger partial charge on any atom is 0.246 e. The molecular weight excluding hydrogens is 494 g/mol. The van der Waals surface area contributed by atoms with Crippen molar-refractivity contribution in [2.45, 2.75) is 71.1 Å². The first-order valence-corrected chi connectivity index (χ1v) is 13.6. The highest BCUT2D eigenvalue weighted by molar-refractivity contribution is 5.95. The number of hydrogen-bond donors (Lipinski definition) is 4. The lowest BCUT2D eigenvalue weighted by Crippen LogP contribution is -2.58. The Morgan fingerprint density at radius 1 is 1.00 bits per heavy atom. The second-order valence-electron chi connectivity index (χ2n) is 10.6. The van der Waals surface area contributed by atoms with Crippen molar-refractivity contribution < 1.29 is 19.2 Å². The number of primary amides is 1. The van der Waals surface area contributed by atoms with E-state index in [9.17, 15) is 19.2 Å². The van der Waals surface area contributed by atoms with Crippen LogP contribution in [0.5, 0.6) is 0 Å². The Kier molecular flexibility index (Phi) is 10.2. The zero-order chi connectivity index (χ0) is 28.7. The summed E-state index contributed by atoms with van der Waals surface area (Å²) in [6, 6.07) is 13.1. The van der Waals surface area contributed by atoms with Crippen LogP contribution in [-0.4, -0.2) is 66.3 Å². The first kappa shape index (κ1) is 29.8. The third kappa shape index (κ3) is 7.44. The van der Waals surface area contributed by atoms with E-state index >= 15 is 0 Å². The molecule has 0 saturated carbocycles. The van der Waals surface area contributed by atoms with E-state index in [4.69, 9.17) is 5.73 Å². The second-order valence-corrected chi connectivity index (χ2v) is 10.6. The lowest BCUT2D eigenvalue weighted by atomic mass is 9.97. The molecule has 1 heterocycles. The van der Waals surface area contributed by atoms with Crippen LogP contribution >= 0.6 is 0 Å². The first-order valence-electron chi connectivity index (χ1n) is 13.6. The summed E-state index contributed by atoms with van der Waals surface area (Å²) in [5, 5.41) is 8.46. The van der Waals surface area contributed by atoms with E-state index in [1.54, 1.807) is 14.0 Å². The summed E-state index contributed by atoms with van der Waals surface area (Å²) in [5.41, 5.74) is 9.88. The molecule has 4 atom stereocenters. The Morgan fingerprint density at radius 3 is 2.26 bits per heavy atom. The molecule has 9 heteroatoms. The van der Waals surface area contributed by atoms with Gasteiger partial charge in [0.25, 0.3) is 0 Å². The highest BCUT2D eigenvalue weighted by Gasteiger charge is 2.39. The summed E-state index contributed by atoms with van der Waals surface area (Å²) in [6.07, 6.45) is 1.36. The topological polar surface area (TPSA) is 134 Å². The fourth-order valence-corrected chi connectivity index (χ4v) is 4.85. The molecule has 1 aliphatic rings. The number of likely N-dealkylation sites (tertiary alicyclic amines) is 1. The van der Waals surface area contributed by atoms with Crippen LogP contribution in [0.25, 0.3) is 11.1 Å². The molecule has 0 aromatic heterocycles. The Bertz CT molecular complexity index is 1180. The summed E-state index contributed by atoms with van der Waals surface area (Å²) in [5.74, 6) is -1.82. The van der Waals surface area contributed by atoms with Crippen LogP contribution in [0.4, 0.5) is 0 Å². The third-order valence-electron chi connectivity index (χ3n) is 7.41. The number of amides is 4. The zero-order valence-corrected chi connectivity index (χ0v) is 23.5. The highest BCUT2D eigenvalue weighted by atomic mass is 16.2. The van der Waals surface area contributed by atoms with E-state index in [1.807, 2.05) is 50.2 Å². The Balaban J connectivity index is 1.69. The Hall–Kier alpha value is -3.72. The monoisotopic (exact) mass is 535 g/mol. The van der Waals surface area contributed by atoms with Gasteiger partial charge in [-0.05, 0) is 61.9 Å². The predicted molar refractivity (Wildman–Crippen MR) is 151 cm³/mol. The van der Waals surface area contributed by atoms with Gasteiger partial charge in [-0.15, -0.1) is 0 Å². The van der Waals surface area contributed by atoms with Crippen LogP contribution in [0.2, 0.25) is 0 Å². The van der Waals surface area contributed by atoms with Crippen LogP contribution in [0.15, 0.2) is 48.5 Å². The maximum absolute atomic E-state index is 13.5. The average molecular weight is 536 g/mol. The quantitative estimate of drug-likeness (QED) is 0.349. The van der Waals surface area contributed by atoms with Crippen LogP contribution in [0.1, 0.15) is 44.7 Å². The number of nitrogens with two attached hydrogens (primary N) is 1. The number of hydrogen-bond acceptors (Lipinski definition) is 5. The fraction of sp³-hybridized carbons (Fsp3) is 0.467. The van der Waals surface area contributed by atoms with Gasteiger partial charge >= 0.3 is 0 Å². The van der Waals surface area contributed by atoms with Gasteiger partial charge in [0.15, 0.2) is 0 Å². The zero-order valence-electron chi connectivity index (χ0n) is 23.5. The van der Waals surface area contributed by atoms with Crippen LogP contribution in [0, 0.1) is 12.8 Å². The number of carbonyl (C=O) groups excluding carboxylic acids is 4. The van der Waals surface area contributed by atoms with E-state index in [-0.39, 0.29) is 24.2 Å². The fourth-order valence-electron chi connectivity index (χ4n) is 4.85.